The number of aromatic nitrogens is 2. The molecule has 1 aromatic carbocycles. The topological polar surface area (TPSA) is 53.7 Å². The first-order chi connectivity index (χ1) is 16.0. The van der Waals surface area contributed by atoms with Crippen LogP contribution >= 0.6 is 0 Å². The lowest BCUT2D eigenvalue weighted by atomic mass is 10.0. The van der Waals surface area contributed by atoms with Crippen LogP contribution in [0.3, 0.4) is 0 Å². The number of amides is 1. The van der Waals surface area contributed by atoms with Gasteiger partial charge in [-0.05, 0) is 67.9 Å². The predicted molar refractivity (Wildman–Crippen MR) is 128 cm³/mol. The van der Waals surface area contributed by atoms with Crippen LogP contribution in [0.4, 0.5) is 4.39 Å². The molecule has 1 saturated heterocycles. The van der Waals surface area contributed by atoms with Gasteiger partial charge in [0.05, 0.1) is 5.70 Å². The maximum Gasteiger partial charge on any atom is 0.249 e. The zero-order chi connectivity index (χ0) is 23.1. The Morgan fingerprint density at radius 2 is 1.91 bits per heavy atom. The number of benzene rings is 1. The number of imidazole rings is 1. The smallest absolute Gasteiger partial charge is 0.249 e. The highest BCUT2D eigenvalue weighted by molar-refractivity contribution is 6.09. The lowest BCUT2D eigenvalue weighted by Crippen LogP contribution is -2.57. The Hall–Kier alpha value is -3.22. The fourth-order valence-electron chi connectivity index (χ4n) is 4.76. The van der Waals surface area contributed by atoms with Crippen molar-refractivity contribution in [2.24, 2.45) is 10.9 Å². The van der Waals surface area contributed by atoms with Crippen LogP contribution in [0.1, 0.15) is 46.0 Å². The summed E-state index contributed by atoms with van der Waals surface area (Å²) in [6.07, 6.45) is 10.5. The zero-order valence-corrected chi connectivity index (χ0v) is 19.5. The largest absolute Gasteiger partial charge is 0.343 e. The number of amidine groups is 1. The molecule has 3 aliphatic rings. The minimum atomic E-state index is -0.273. The van der Waals surface area contributed by atoms with E-state index in [2.05, 4.69) is 29.8 Å². The number of nitrogens with zero attached hydrogens (tertiary/aromatic N) is 5. The van der Waals surface area contributed by atoms with E-state index in [4.69, 9.17) is 4.99 Å². The molecule has 0 radical (unpaired) electrons. The van der Waals surface area contributed by atoms with Gasteiger partial charge in [0.25, 0.3) is 0 Å². The molecule has 2 aromatic rings. The molecule has 172 valence electrons. The summed E-state index contributed by atoms with van der Waals surface area (Å²) >= 11 is 0. The molecular weight excluding hydrogens is 417 g/mol. The summed E-state index contributed by atoms with van der Waals surface area (Å²) in [5.74, 6) is 2.93. The van der Waals surface area contributed by atoms with Gasteiger partial charge < -0.3 is 9.80 Å². The number of allylic oxidation sites excluding steroid dienone is 2. The minimum absolute atomic E-state index is 0.138. The molecule has 2 fully saturated rings. The number of likely N-dealkylation sites (N-methyl/N-ethyl adjacent to an activating group) is 1. The molecule has 5 rings (SSSR count). The van der Waals surface area contributed by atoms with Crippen LogP contribution in [-0.2, 0) is 4.79 Å². The van der Waals surface area contributed by atoms with Gasteiger partial charge in [-0.1, -0.05) is 19.9 Å². The SMILES string of the molecule is CCC1=C(n2ccnc2-c2ccc(F)cc2)N=C2C(=CC1)N(C)C(=O)C(CC)N2CC1CC1. The summed E-state index contributed by atoms with van der Waals surface area (Å²) in [7, 11) is 1.86. The Morgan fingerprint density at radius 3 is 2.58 bits per heavy atom. The number of carbonyl (C=O) groups is 1. The summed E-state index contributed by atoms with van der Waals surface area (Å²) in [5, 5.41) is 0. The molecule has 6 nitrogen and oxygen atoms in total. The lowest BCUT2D eigenvalue weighted by Gasteiger charge is -2.42. The molecule has 3 heterocycles. The van der Waals surface area contributed by atoms with Crippen molar-refractivity contribution < 1.29 is 9.18 Å². The molecule has 1 aliphatic carbocycles. The molecule has 33 heavy (non-hydrogen) atoms. The third-order valence-corrected chi connectivity index (χ3v) is 6.86. The van der Waals surface area contributed by atoms with Crippen molar-refractivity contribution in [3.05, 3.63) is 59.8 Å². The van der Waals surface area contributed by atoms with Crippen LogP contribution in [0.5, 0.6) is 0 Å². The highest BCUT2D eigenvalue weighted by atomic mass is 19.1. The second-order valence-electron chi connectivity index (χ2n) is 9.05. The molecule has 0 spiro atoms. The van der Waals surface area contributed by atoms with Crippen LogP contribution in [-0.4, -0.2) is 50.7 Å². The van der Waals surface area contributed by atoms with Gasteiger partial charge in [0.1, 0.15) is 23.5 Å². The number of rotatable bonds is 6. The summed E-state index contributed by atoms with van der Waals surface area (Å²) < 4.78 is 15.5. The second-order valence-corrected chi connectivity index (χ2v) is 9.05. The van der Waals surface area contributed by atoms with Crippen molar-refractivity contribution in [3.63, 3.8) is 0 Å². The van der Waals surface area contributed by atoms with Gasteiger partial charge in [0.2, 0.25) is 5.91 Å². The first kappa shape index (κ1) is 21.6. The molecule has 1 atom stereocenters. The van der Waals surface area contributed by atoms with Crippen LogP contribution < -0.4 is 0 Å². The lowest BCUT2D eigenvalue weighted by molar-refractivity contribution is -0.133. The number of hydrogen-bond acceptors (Lipinski definition) is 4. The molecule has 0 N–H and O–H groups in total. The number of piperazine rings is 1. The van der Waals surface area contributed by atoms with Gasteiger partial charge in [-0.15, -0.1) is 0 Å². The standard InChI is InChI=1S/C26H30FN5O/c1-4-18-10-13-22-25(32(16-17-6-7-17)21(5-2)26(33)30(22)3)29-24(18)31-15-14-28-23(31)19-8-11-20(27)12-9-19/h8-9,11-15,17,21H,4-7,10,16H2,1-3H3. The highest BCUT2D eigenvalue weighted by Gasteiger charge is 2.41. The molecule has 2 aliphatic heterocycles. The molecule has 1 amide bonds. The van der Waals surface area contributed by atoms with Crippen molar-refractivity contribution >= 4 is 17.6 Å². The quantitative estimate of drug-likeness (QED) is 0.632. The van der Waals surface area contributed by atoms with Crippen LogP contribution in [0.25, 0.3) is 17.2 Å². The van der Waals surface area contributed by atoms with E-state index in [1.807, 2.05) is 17.8 Å². The monoisotopic (exact) mass is 447 g/mol. The van der Waals surface area contributed by atoms with Gasteiger partial charge in [-0.2, -0.15) is 0 Å². The number of aliphatic imine (C=N–C) groups is 1. The van der Waals surface area contributed by atoms with Gasteiger partial charge >= 0.3 is 0 Å². The predicted octanol–water partition coefficient (Wildman–Crippen LogP) is 4.92. The number of fused-ring (bicyclic) bond motifs is 1. The molecular formula is C26H30FN5O. The van der Waals surface area contributed by atoms with Gasteiger partial charge in [0, 0.05) is 31.5 Å². The first-order valence-electron chi connectivity index (χ1n) is 11.9. The summed E-state index contributed by atoms with van der Waals surface area (Å²) in [5.41, 5.74) is 2.89. The maximum absolute atomic E-state index is 13.5. The van der Waals surface area contributed by atoms with Crippen LogP contribution in [0, 0.1) is 11.7 Å². The van der Waals surface area contributed by atoms with E-state index < -0.39 is 0 Å². The molecule has 1 saturated carbocycles. The summed E-state index contributed by atoms with van der Waals surface area (Å²) in [4.78, 5) is 27.0. The maximum atomic E-state index is 13.5. The first-order valence-corrected chi connectivity index (χ1v) is 11.9. The van der Waals surface area contributed by atoms with E-state index in [1.165, 1.54) is 30.5 Å². The third-order valence-electron chi connectivity index (χ3n) is 6.86. The Morgan fingerprint density at radius 1 is 1.15 bits per heavy atom. The summed E-state index contributed by atoms with van der Waals surface area (Å²) in [6.45, 7) is 5.06. The van der Waals surface area contributed by atoms with Gasteiger partial charge in [-0.25, -0.2) is 14.4 Å². The average Bonchev–Trinajstić information content (AvgIpc) is 3.55. The normalized spacial score (nSPS) is 21.1. The van der Waals surface area contributed by atoms with Gasteiger partial charge in [-0.3, -0.25) is 9.36 Å². The van der Waals surface area contributed by atoms with E-state index in [0.717, 1.165) is 48.1 Å². The fourth-order valence-corrected chi connectivity index (χ4v) is 4.76. The Balaban J connectivity index is 1.64. The van der Waals surface area contributed by atoms with Crippen LogP contribution in [0.2, 0.25) is 0 Å². The molecule has 0 bridgehead atoms. The van der Waals surface area contributed by atoms with E-state index in [-0.39, 0.29) is 17.8 Å². The third kappa shape index (κ3) is 3.90. The van der Waals surface area contributed by atoms with Crippen molar-refractivity contribution in [3.8, 4) is 11.4 Å². The molecule has 1 unspecified atom stereocenters. The minimum Gasteiger partial charge on any atom is -0.343 e. The molecule has 7 heteroatoms. The van der Waals surface area contributed by atoms with Crippen molar-refractivity contribution in [2.75, 3.05) is 13.6 Å². The zero-order valence-electron chi connectivity index (χ0n) is 19.5. The van der Waals surface area contributed by atoms with Crippen molar-refractivity contribution in [1.82, 2.24) is 19.4 Å². The second kappa shape index (κ2) is 8.61. The number of halogens is 1. The Kier molecular flexibility index (Phi) is 5.64. The van der Waals surface area contributed by atoms with E-state index in [1.54, 1.807) is 23.2 Å². The molecule has 1 aromatic heterocycles. The fraction of sp³-hybridized carbons (Fsp3) is 0.423. The number of hydrogen-bond donors (Lipinski definition) is 0. The number of carbonyl (C=O) groups excluding carboxylic acids is 1. The van der Waals surface area contributed by atoms with E-state index in [9.17, 15) is 9.18 Å². The van der Waals surface area contributed by atoms with Gasteiger partial charge in [0.15, 0.2) is 5.84 Å². The highest BCUT2D eigenvalue weighted by Crippen LogP contribution is 2.36. The van der Waals surface area contributed by atoms with Crippen LogP contribution in [0.15, 0.2) is 59.0 Å². The Labute approximate surface area is 194 Å². The summed E-state index contributed by atoms with van der Waals surface area (Å²) in [6, 6.07) is 6.19. The van der Waals surface area contributed by atoms with Crippen molar-refractivity contribution in [1.29, 1.82) is 0 Å². The van der Waals surface area contributed by atoms with E-state index in [0.29, 0.717) is 12.3 Å². The van der Waals surface area contributed by atoms with Crippen molar-refractivity contribution in [2.45, 2.75) is 52.0 Å². The average molecular weight is 448 g/mol. The Bertz CT molecular complexity index is 1160. The van der Waals surface area contributed by atoms with E-state index >= 15 is 0 Å².